The Kier molecular flexibility index (Phi) is 5.93. The minimum absolute atomic E-state index is 0. The minimum atomic E-state index is -0.990. The van der Waals surface area contributed by atoms with E-state index < -0.39 is 5.97 Å². The van der Waals surface area contributed by atoms with Gasteiger partial charge in [0.05, 0.1) is 11.0 Å². The maximum absolute atomic E-state index is 10.1. The average Bonchev–Trinajstić information content (AvgIpc) is 3.30. The molecule has 3 heterocycles. The van der Waals surface area contributed by atoms with E-state index in [1.165, 1.54) is 12.3 Å². The summed E-state index contributed by atoms with van der Waals surface area (Å²) in [6.45, 7) is 0. The van der Waals surface area contributed by atoms with Crippen LogP contribution >= 0.6 is 0 Å². The third kappa shape index (κ3) is 3.69. The second-order valence-electron chi connectivity index (χ2n) is 5.56. The Morgan fingerprint density at radius 3 is 2.32 bits per heavy atom. The summed E-state index contributed by atoms with van der Waals surface area (Å²) < 4.78 is 3.90. The van der Waals surface area contributed by atoms with Gasteiger partial charge in [0.2, 0.25) is 5.78 Å². The van der Waals surface area contributed by atoms with E-state index >= 15 is 0 Å². The minimum Gasteiger partial charge on any atom is -0.477 e. The molecule has 0 aliphatic rings. The Morgan fingerprint density at radius 2 is 1.68 bits per heavy atom. The fourth-order valence-corrected chi connectivity index (χ4v) is 2.75. The number of hydrogen-bond donors (Lipinski definition) is 1. The molecule has 0 atom stereocenters. The number of carbonyl (C=O) groups is 1. The van der Waals surface area contributed by atoms with Crippen LogP contribution in [0.25, 0.3) is 22.5 Å². The quantitative estimate of drug-likeness (QED) is 0.343. The average molecular weight is 549 g/mol. The molecule has 0 saturated heterocycles. The van der Waals surface area contributed by atoms with E-state index in [4.69, 9.17) is 5.11 Å². The van der Waals surface area contributed by atoms with Crippen molar-refractivity contribution < 1.29 is 30.0 Å². The van der Waals surface area contributed by atoms with Crippen LogP contribution in [0.5, 0.6) is 0 Å². The Balaban J connectivity index is 0.000000193. The number of imidazole rings is 1. The molecule has 0 fully saturated rings. The van der Waals surface area contributed by atoms with E-state index in [0.29, 0.717) is 0 Å². The molecule has 1 radical (unpaired) electrons. The maximum Gasteiger partial charge on any atom is 0.354 e. The van der Waals surface area contributed by atoms with E-state index in [-0.39, 0.29) is 25.8 Å². The number of hydrogen-bond acceptors (Lipinski definition) is 4. The number of aromatic carboxylic acids is 1. The van der Waals surface area contributed by atoms with E-state index in [0.717, 1.165) is 22.5 Å². The molecule has 0 saturated carbocycles. The molecule has 0 unspecified atom stereocenters. The number of rotatable bonds is 2. The van der Waals surface area contributed by atoms with Gasteiger partial charge < -0.3 is 9.67 Å². The molecule has 0 aliphatic carbocycles. The fourth-order valence-electron chi connectivity index (χ4n) is 2.75. The molecule has 28 heavy (non-hydrogen) atoms. The number of para-hydroxylation sites is 3. The van der Waals surface area contributed by atoms with Gasteiger partial charge in [0.1, 0.15) is 12.0 Å². The van der Waals surface area contributed by atoms with Crippen molar-refractivity contribution in [3.63, 3.8) is 0 Å². The van der Waals surface area contributed by atoms with Gasteiger partial charge in [0, 0.05) is 26.3 Å². The van der Waals surface area contributed by atoms with Crippen LogP contribution in [0.4, 0.5) is 0 Å². The summed E-state index contributed by atoms with van der Waals surface area (Å²) in [5.41, 5.74) is 3.17. The summed E-state index contributed by atoms with van der Waals surface area (Å²) in [5, 5.41) is 12.6. The summed E-state index contributed by atoms with van der Waals surface area (Å²) in [7, 11) is 0. The van der Waals surface area contributed by atoms with Crippen molar-refractivity contribution in [3.05, 3.63) is 91.0 Å². The van der Waals surface area contributed by atoms with E-state index in [1.54, 1.807) is 18.5 Å². The summed E-state index contributed by atoms with van der Waals surface area (Å²) >= 11 is 0. The van der Waals surface area contributed by atoms with Crippen LogP contribution in [-0.2, 0) is 20.1 Å². The number of benzene rings is 2. The van der Waals surface area contributed by atoms with Crippen LogP contribution < -0.4 is 0 Å². The van der Waals surface area contributed by atoms with Gasteiger partial charge in [-0.25, -0.2) is 9.78 Å². The molecule has 3 aromatic heterocycles. The van der Waals surface area contributed by atoms with Gasteiger partial charge in [0.25, 0.3) is 0 Å². The van der Waals surface area contributed by atoms with E-state index in [1.807, 2.05) is 47.0 Å². The van der Waals surface area contributed by atoms with Crippen LogP contribution in [-0.4, -0.2) is 35.2 Å². The summed E-state index contributed by atoms with van der Waals surface area (Å²) in [6, 6.07) is 24.0. The number of nitrogens with zero attached hydrogens (tertiary/aromatic N) is 5. The second kappa shape index (κ2) is 8.56. The molecule has 1 N–H and O–H groups in total. The summed E-state index contributed by atoms with van der Waals surface area (Å²) in [6.07, 6.45) is 3.02. The van der Waals surface area contributed by atoms with Crippen molar-refractivity contribution >= 4 is 22.8 Å². The molecular weight excluding hydrogens is 534 g/mol. The molecule has 5 aromatic rings. The molecule has 0 amide bonds. The van der Waals surface area contributed by atoms with Gasteiger partial charge in [-0.2, -0.15) is 38.9 Å². The Labute approximate surface area is 173 Å². The SMILES string of the molecule is O=C(O)c1ccccn1.[Ir].[c-]1ccccc1-n1c2ccccc2n2ncnc12. The third-order valence-electron chi connectivity index (χ3n) is 3.90. The predicted octanol–water partition coefficient (Wildman–Crippen LogP) is 3.25. The van der Waals surface area contributed by atoms with Gasteiger partial charge >= 0.3 is 5.97 Å². The van der Waals surface area contributed by atoms with Gasteiger partial charge in [-0.1, -0.05) is 23.9 Å². The zero-order chi connectivity index (χ0) is 18.6. The monoisotopic (exact) mass is 549 g/mol. The first-order valence-corrected chi connectivity index (χ1v) is 8.16. The van der Waals surface area contributed by atoms with Crippen LogP contribution in [0.3, 0.4) is 0 Å². The molecule has 5 rings (SSSR count). The fraction of sp³-hybridized carbons (Fsp3) is 0. The molecule has 0 spiro atoms. The van der Waals surface area contributed by atoms with Crippen molar-refractivity contribution in [2.75, 3.05) is 0 Å². The first kappa shape index (κ1) is 19.4. The van der Waals surface area contributed by atoms with Gasteiger partial charge in [-0.15, -0.1) is 6.07 Å². The van der Waals surface area contributed by atoms with Gasteiger partial charge in [0.15, 0.2) is 0 Å². The standard InChI is InChI=1S/C14H9N4.C6H5NO2.Ir/c1-2-6-11(7-3-1)17-12-8-4-5-9-13(12)18-14(17)15-10-16-18;8-6(9)5-3-1-2-4-7-5;/h1-6,8-10H;1-4H,(H,8,9);/q-1;;. The Hall–Kier alpha value is -3.35. The molecule has 141 valence electrons. The van der Waals surface area contributed by atoms with Crippen LogP contribution in [0.2, 0.25) is 0 Å². The smallest absolute Gasteiger partial charge is 0.354 e. The topological polar surface area (TPSA) is 85.3 Å². The van der Waals surface area contributed by atoms with Crippen molar-refractivity contribution in [2.24, 2.45) is 0 Å². The zero-order valence-electron chi connectivity index (χ0n) is 14.4. The van der Waals surface area contributed by atoms with Gasteiger partial charge in [-0.3, -0.25) is 0 Å². The molecular formula is C20H14IrN5O2-. The molecule has 0 aliphatic heterocycles. The first-order valence-electron chi connectivity index (χ1n) is 8.16. The Morgan fingerprint density at radius 1 is 0.929 bits per heavy atom. The molecule has 7 nitrogen and oxygen atoms in total. The number of fused-ring (bicyclic) bond motifs is 3. The van der Waals surface area contributed by atoms with E-state index in [2.05, 4.69) is 31.8 Å². The van der Waals surface area contributed by atoms with Gasteiger partial charge in [-0.05, 0) is 24.3 Å². The van der Waals surface area contributed by atoms with Crippen molar-refractivity contribution in [1.29, 1.82) is 0 Å². The summed E-state index contributed by atoms with van der Waals surface area (Å²) in [5.74, 6) is -0.186. The molecule has 0 bridgehead atoms. The number of carboxylic acids is 1. The predicted molar refractivity (Wildman–Crippen MR) is 99.9 cm³/mol. The van der Waals surface area contributed by atoms with Crippen molar-refractivity contribution in [2.45, 2.75) is 0 Å². The van der Waals surface area contributed by atoms with Crippen LogP contribution in [0, 0.1) is 6.07 Å². The van der Waals surface area contributed by atoms with Crippen LogP contribution in [0.1, 0.15) is 10.5 Å². The zero-order valence-corrected chi connectivity index (χ0v) is 16.8. The number of aromatic nitrogens is 5. The second-order valence-corrected chi connectivity index (χ2v) is 5.56. The summed E-state index contributed by atoms with van der Waals surface area (Å²) in [4.78, 5) is 18.0. The molecule has 8 heteroatoms. The van der Waals surface area contributed by atoms with Crippen molar-refractivity contribution in [3.8, 4) is 5.69 Å². The normalized spacial score (nSPS) is 10.1. The first-order chi connectivity index (χ1) is 13.3. The van der Waals surface area contributed by atoms with Crippen molar-refractivity contribution in [1.82, 2.24) is 24.1 Å². The van der Waals surface area contributed by atoms with Crippen LogP contribution in [0.15, 0.2) is 79.3 Å². The maximum atomic E-state index is 10.1. The number of pyridine rings is 1. The van der Waals surface area contributed by atoms with E-state index in [9.17, 15) is 4.79 Å². The number of carboxylic acid groups (broad SMARTS) is 1. The largest absolute Gasteiger partial charge is 0.477 e. The Bertz CT molecular complexity index is 1200. The third-order valence-corrected chi connectivity index (χ3v) is 3.90. The molecule has 2 aromatic carbocycles.